The minimum Gasteiger partial charge on any atom is -0.359 e. The Labute approximate surface area is 141 Å². The molecule has 0 atom stereocenters. The van der Waals surface area contributed by atoms with Crippen LogP contribution in [0.15, 0.2) is 55.3 Å². The third-order valence-electron chi connectivity index (χ3n) is 4.72. The van der Waals surface area contributed by atoms with Gasteiger partial charge < -0.3 is 15.6 Å². The van der Waals surface area contributed by atoms with E-state index in [0.717, 1.165) is 40.6 Å². The minimum absolute atomic E-state index is 0.736. The molecule has 5 heteroatoms. The Morgan fingerprint density at radius 1 is 1.25 bits per heavy atom. The van der Waals surface area contributed by atoms with Crippen LogP contribution in [0.4, 0.5) is 11.4 Å². The van der Waals surface area contributed by atoms with Gasteiger partial charge in [0.1, 0.15) is 5.82 Å². The molecule has 0 spiro atoms. The lowest BCUT2D eigenvalue weighted by atomic mass is 10.1. The number of hydrogen-bond donors (Lipinski definition) is 3. The van der Waals surface area contributed by atoms with Crippen molar-refractivity contribution in [2.45, 2.75) is 32.2 Å². The SMILES string of the molecule is C=C(Nc1cnn(CC2CCCC2)c1)Nc1c[nH]c2ccccc12. The zero-order valence-corrected chi connectivity index (χ0v) is 13.8. The summed E-state index contributed by atoms with van der Waals surface area (Å²) in [7, 11) is 0. The molecule has 1 aromatic carbocycles. The fourth-order valence-electron chi connectivity index (χ4n) is 3.53. The van der Waals surface area contributed by atoms with E-state index in [-0.39, 0.29) is 0 Å². The standard InChI is InChI=1S/C19H23N5/c1-14(23-19-11-20-18-9-5-4-8-17(18)19)22-16-10-21-24(13-16)12-15-6-2-3-7-15/h4-5,8-11,13,15,20,22-23H,1-3,6-7,12H2. The molecule has 2 heterocycles. The van der Waals surface area contributed by atoms with Gasteiger partial charge in [0.05, 0.1) is 17.6 Å². The smallest absolute Gasteiger partial charge is 0.100 e. The number of anilines is 2. The summed E-state index contributed by atoms with van der Waals surface area (Å²) in [6.07, 6.45) is 11.3. The van der Waals surface area contributed by atoms with Crippen molar-refractivity contribution in [3.8, 4) is 0 Å². The number of para-hydroxylation sites is 1. The van der Waals surface area contributed by atoms with Crippen LogP contribution < -0.4 is 10.6 Å². The zero-order chi connectivity index (χ0) is 16.4. The number of nitrogens with one attached hydrogen (secondary N) is 3. The Kier molecular flexibility index (Phi) is 3.99. The summed E-state index contributed by atoms with van der Waals surface area (Å²) in [5, 5.41) is 12.2. The molecule has 3 N–H and O–H groups in total. The fourth-order valence-corrected chi connectivity index (χ4v) is 3.53. The van der Waals surface area contributed by atoms with Gasteiger partial charge >= 0.3 is 0 Å². The maximum absolute atomic E-state index is 4.46. The third-order valence-corrected chi connectivity index (χ3v) is 4.72. The van der Waals surface area contributed by atoms with E-state index in [2.05, 4.69) is 45.6 Å². The Balaban J connectivity index is 1.38. The molecule has 0 radical (unpaired) electrons. The zero-order valence-electron chi connectivity index (χ0n) is 13.8. The van der Waals surface area contributed by atoms with Crippen molar-refractivity contribution >= 4 is 22.3 Å². The highest BCUT2D eigenvalue weighted by Crippen LogP contribution is 2.26. The van der Waals surface area contributed by atoms with Crippen molar-refractivity contribution in [1.82, 2.24) is 14.8 Å². The van der Waals surface area contributed by atoms with Gasteiger partial charge in [0.15, 0.2) is 0 Å². The maximum atomic E-state index is 4.46. The number of H-pyrrole nitrogens is 1. The molecule has 0 amide bonds. The summed E-state index contributed by atoms with van der Waals surface area (Å²) in [4.78, 5) is 3.25. The van der Waals surface area contributed by atoms with E-state index >= 15 is 0 Å². The number of aromatic nitrogens is 3. The quantitative estimate of drug-likeness (QED) is 0.624. The largest absolute Gasteiger partial charge is 0.359 e. The molecule has 4 rings (SSSR count). The van der Waals surface area contributed by atoms with Crippen LogP contribution in [0.2, 0.25) is 0 Å². The number of rotatable bonds is 6. The maximum Gasteiger partial charge on any atom is 0.100 e. The second-order valence-electron chi connectivity index (χ2n) is 6.58. The monoisotopic (exact) mass is 321 g/mol. The van der Waals surface area contributed by atoms with Gasteiger partial charge in [-0.15, -0.1) is 0 Å². The highest BCUT2D eigenvalue weighted by molar-refractivity contribution is 5.93. The summed E-state index contributed by atoms with van der Waals surface area (Å²) in [6.45, 7) is 5.09. The van der Waals surface area contributed by atoms with Crippen molar-refractivity contribution in [3.05, 3.63) is 55.3 Å². The highest BCUT2D eigenvalue weighted by atomic mass is 15.3. The van der Waals surface area contributed by atoms with Crippen molar-refractivity contribution in [3.63, 3.8) is 0 Å². The molecule has 2 aromatic heterocycles. The van der Waals surface area contributed by atoms with Crippen molar-refractivity contribution in [1.29, 1.82) is 0 Å². The molecular weight excluding hydrogens is 298 g/mol. The van der Waals surface area contributed by atoms with Crippen LogP contribution in [-0.2, 0) is 6.54 Å². The van der Waals surface area contributed by atoms with E-state index in [1.165, 1.54) is 25.7 Å². The van der Waals surface area contributed by atoms with Crippen LogP contribution in [0.1, 0.15) is 25.7 Å². The highest BCUT2D eigenvalue weighted by Gasteiger charge is 2.15. The van der Waals surface area contributed by atoms with Gasteiger partial charge in [-0.3, -0.25) is 4.68 Å². The second-order valence-corrected chi connectivity index (χ2v) is 6.58. The van der Waals surface area contributed by atoms with Crippen LogP contribution in [-0.4, -0.2) is 14.8 Å². The summed E-state index contributed by atoms with van der Waals surface area (Å²) < 4.78 is 2.04. The Bertz CT molecular complexity index is 838. The molecule has 0 aliphatic heterocycles. The predicted octanol–water partition coefficient (Wildman–Crippen LogP) is 4.55. The summed E-state index contributed by atoms with van der Waals surface area (Å²) in [5.41, 5.74) is 3.09. The van der Waals surface area contributed by atoms with Crippen molar-refractivity contribution in [2.75, 3.05) is 10.6 Å². The van der Waals surface area contributed by atoms with Crippen LogP contribution >= 0.6 is 0 Å². The van der Waals surface area contributed by atoms with Crippen molar-refractivity contribution < 1.29 is 0 Å². The first-order valence-electron chi connectivity index (χ1n) is 8.59. The first-order valence-corrected chi connectivity index (χ1v) is 8.59. The van der Waals surface area contributed by atoms with E-state index in [1.54, 1.807) is 0 Å². The van der Waals surface area contributed by atoms with Gasteiger partial charge in [-0.25, -0.2) is 0 Å². The number of benzene rings is 1. The lowest BCUT2D eigenvalue weighted by Crippen LogP contribution is -2.08. The average Bonchev–Trinajstić information content (AvgIpc) is 3.31. The van der Waals surface area contributed by atoms with Crippen LogP contribution in [0.3, 0.4) is 0 Å². The van der Waals surface area contributed by atoms with Crippen LogP contribution in [0.25, 0.3) is 10.9 Å². The summed E-state index contributed by atoms with van der Waals surface area (Å²) >= 11 is 0. The molecule has 124 valence electrons. The molecule has 1 saturated carbocycles. The van der Waals surface area contributed by atoms with Gasteiger partial charge in [-0.1, -0.05) is 37.6 Å². The number of aromatic amines is 1. The summed E-state index contributed by atoms with van der Waals surface area (Å²) in [5.74, 6) is 1.52. The fraction of sp³-hybridized carbons (Fsp3) is 0.316. The van der Waals surface area contributed by atoms with E-state index < -0.39 is 0 Å². The lowest BCUT2D eigenvalue weighted by Gasteiger charge is -2.10. The van der Waals surface area contributed by atoms with Gasteiger partial charge in [0.25, 0.3) is 0 Å². The van der Waals surface area contributed by atoms with E-state index in [9.17, 15) is 0 Å². The lowest BCUT2D eigenvalue weighted by molar-refractivity contribution is 0.429. The molecule has 1 aliphatic carbocycles. The summed E-state index contributed by atoms with van der Waals surface area (Å²) in [6, 6.07) is 8.20. The Morgan fingerprint density at radius 2 is 2.08 bits per heavy atom. The number of hydrogen-bond acceptors (Lipinski definition) is 3. The first-order chi connectivity index (χ1) is 11.8. The first kappa shape index (κ1) is 14.9. The molecule has 1 aliphatic rings. The van der Waals surface area contributed by atoms with Gasteiger partial charge in [0.2, 0.25) is 0 Å². The predicted molar refractivity (Wildman–Crippen MR) is 98.9 cm³/mol. The van der Waals surface area contributed by atoms with Gasteiger partial charge in [-0.2, -0.15) is 5.10 Å². The number of fused-ring (bicyclic) bond motifs is 1. The Hall–Kier alpha value is -2.69. The molecule has 3 aromatic rings. The molecule has 5 nitrogen and oxygen atoms in total. The van der Waals surface area contributed by atoms with Crippen molar-refractivity contribution in [2.24, 2.45) is 5.92 Å². The average molecular weight is 321 g/mol. The van der Waals surface area contributed by atoms with E-state index in [0.29, 0.717) is 0 Å². The van der Waals surface area contributed by atoms with Crippen LogP contribution in [0, 0.1) is 5.92 Å². The minimum atomic E-state index is 0.736. The molecular formula is C19H23N5. The topological polar surface area (TPSA) is 57.7 Å². The Morgan fingerprint density at radius 3 is 2.96 bits per heavy atom. The molecule has 0 bridgehead atoms. The van der Waals surface area contributed by atoms with E-state index in [1.807, 2.05) is 29.2 Å². The normalized spacial score (nSPS) is 15.0. The van der Waals surface area contributed by atoms with Crippen LogP contribution in [0.5, 0.6) is 0 Å². The third kappa shape index (κ3) is 3.15. The second kappa shape index (κ2) is 6.43. The molecule has 24 heavy (non-hydrogen) atoms. The molecule has 0 saturated heterocycles. The molecule has 1 fully saturated rings. The molecule has 0 unspecified atom stereocenters. The van der Waals surface area contributed by atoms with E-state index in [4.69, 9.17) is 0 Å². The number of nitrogens with zero attached hydrogens (tertiary/aromatic N) is 2. The van der Waals surface area contributed by atoms with Gasteiger partial charge in [-0.05, 0) is 24.8 Å². The van der Waals surface area contributed by atoms with Gasteiger partial charge in [0, 0.05) is 29.8 Å².